The number of methoxy groups -OCH3 is 1. The molecule has 30 heavy (non-hydrogen) atoms. The van der Waals surface area contributed by atoms with E-state index in [0.29, 0.717) is 34.9 Å². The van der Waals surface area contributed by atoms with Gasteiger partial charge in [-0.15, -0.1) is 0 Å². The van der Waals surface area contributed by atoms with Crippen molar-refractivity contribution in [2.75, 3.05) is 13.7 Å². The molecule has 0 saturated heterocycles. The van der Waals surface area contributed by atoms with Gasteiger partial charge in [-0.2, -0.15) is 0 Å². The number of esters is 1. The summed E-state index contributed by atoms with van der Waals surface area (Å²) in [6, 6.07) is 18.6. The van der Waals surface area contributed by atoms with Crippen LogP contribution in [0.4, 0.5) is 5.69 Å². The van der Waals surface area contributed by atoms with E-state index in [4.69, 9.17) is 14.2 Å². The van der Waals surface area contributed by atoms with Gasteiger partial charge >= 0.3 is 5.97 Å². The van der Waals surface area contributed by atoms with Crippen LogP contribution in [0, 0.1) is 0 Å². The molecule has 3 rings (SSSR count). The second-order valence-electron chi connectivity index (χ2n) is 6.41. The lowest BCUT2D eigenvalue weighted by Crippen LogP contribution is -2.08. The Morgan fingerprint density at radius 3 is 2.47 bits per heavy atom. The molecule has 0 saturated carbocycles. The van der Waals surface area contributed by atoms with Gasteiger partial charge < -0.3 is 19.3 Å². The number of phenolic OH excluding ortho intramolecular Hbond substituents is 1. The fraction of sp³-hybridized carbons (Fsp3) is 0.167. The number of benzene rings is 3. The van der Waals surface area contributed by atoms with Gasteiger partial charge in [0.1, 0.15) is 28.7 Å². The Morgan fingerprint density at radius 2 is 1.77 bits per heavy atom. The molecule has 0 unspecified atom stereocenters. The van der Waals surface area contributed by atoms with E-state index in [1.54, 1.807) is 55.6 Å². The molecule has 0 amide bonds. The van der Waals surface area contributed by atoms with E-state index in [2.05, 4.69) is 4.99 Å². The number of hydrogen-bond acceptors (Lipinski definition) is 6. The molecule has 0 aliphatic heterocycles. The summed E-state index contributed by atoms with van der Waals surface area (Å²) in [4.78, 5) is 16.7. The van der Waals surface area contributed by atoms with Crippen molar-refractivity contribution >= 4 is 17.9 Å². The molecule has 0 spiro atoms. The predicted octanol–water partition coefficient (Wildman–Crippen LogP) is 5.16. The van der Waals surface area contributed by atoms with Crippen LogP contribution in [0.3, 0.4) is 0 Å². The van der Waals surface area contributed by atoms with Gasteiger partial charge in [0.05, 0.1) is 19.3 Å². The molecule has 0 aromatic heterocycles. The van der Waals surface area contributed by atoms with Crippen molar-refractivity contribution in [3.63, 3.8) is 0 Å². The molecule has 0 bridgehead atoms. The summed E-state index contributed by atoms with van der Waals surface area (Å²) in [5, 5.41) is 10.3. The van der Waals surface area contributed by atoms with E-state index in [1.165, 1.54) is 12.3 Å². The van der Waals surface area contributed by atoms with E-state index in [0.717, 1.165) is 6.42 Å². The minimum absolute atomic E-state index is 0.0535. The second kappa shape index (κ2) is 10.1. The number of carbonyl (C=O) groups excluding carboxylic acids is 1. The molecule has 0 heterocycles. The molecular formula is C24H23NO5. The predicted molar refractivity (Wildman–Crippen MR) is 116 cm³/mol. The van der Waals surface area contributed by atoms with Crippen LogP contribution in [0.2, 0.25) is 0 Å². The van der Waals surface area contributed by atoms with Gasteiger partial charge in [-0.25, -0.2) is 4.79 Å². The largest absolute Gasteiger partial charge is 0.507 e. The maximum Gasteiger partial charge on any atom is 0.343 e. The average molecular weight is 405 g/mol. The van der Waals surface area contributed by atoms with Crippen LogP contribution < -0.4 is 14.2 Å². The third-order valence-electron chi connectivity index (χ3n) is 4.20. The molecule has 3 aromatic carbocycles. The summed E-state index contributed by atoms with van der Waals surface area (Å²) in [7, 11) is 1.57. The number of nitrogens with zero attached hydrogens (tertiary/aromatic N) is 1. The highest BCUT2D eigenvalue weighted by Gasteiger charge is 2.10. The van der Waals surface area contributed by atoms with Crippen molar-refractivity contribution in [1.82, 2.24) is 0 Å². The van der Waals surface area contributed by atoms with Gasteiger partial charge in [0.2, 0.25) is 0 Å². The molecule has 6 heteroatoms. The van der Waals surface area contributed by atoms with Crippen LogP contribution in [-0.2, 0) is 0 Å². The molecule has 1 N–H and O–H groups in total. The number of ether oxygens (including phenoxy) is 3. The molecule has 3 aromatic rings. The van der Waals surface area contributed by atoms with Gasteiger partial charge in [0.15, 0.2) is 0 Å². The monoisotopic (exact) mass is 405 g/mol. The third-order valence-corrected chi connectivity index (χ3v) is 4.20. The molecule has 6 nitrogen and oxygen atoms in total. The molecule has 154 valence electrons. The van der Waals surface area contributed by atoms with Gasteiger partial charge in [0.25, 0.3) is 0 Å². The Labute approximate surface area is 175 Å². The summed E-state index contributed by atoms with van der Waals surface area (Å²) in [6.07, 6.45) is 2.43. The summed E-state index contributed by atoms with van der Waals surface area (Å²) in [5.41, 5.74) is 1.51. The maximum atomic E-state index is 12.3. The maximum absolute atomic E-state index is 12.3. The minimum atomic E-state index is -0.521. The van der Waals surface area contributed by atoms with Crippen molar-refractivity contribution in [2.24, 2.45) is 4.99 Å². The fourth-order valence-electron chi connectivity index (χ4n) is 2.64. The highest BCUT2D eigenvalue weighted by atomic mass is 16.5. The van der Waals surface area contributed by atoms with E-state index in [1.807, 2.05) is 19.1 Å². The fourth-order valence-corrected chi connectivity index (χ4v) is 2.64. The molecular weight excluding hydrogens is 382 g/mol. The van der Waals surface area contributed by atoms with Gasteiger partial charge in [-0.05, 0) is 55.0 Å². The number of hydrogen-bond donors (Lipinski definition) is 1. The number of carbonyl (C=O) groups is 1. The molecule has 0 radical (unpaired) electrons. The number of aliphatic imine (C=N–C) groups is 1. The van der Waals surface area contributed by atoms with Gasteiger partial charge in [-0.1, -0.05) is 19.1 Å². The first-order valence-electron chi connectivity index (χ1n) is 9.56. The van der Waals surface area contributed by atoms with Crippen LogP contribution >= 0.6 is 0 Å². The van der Waals surface area contributed by atoms with Crippen molar-refractivity contribution in [2.45, 2.75) is 13.3 Å². The third kappa shape index (κ3) is 5.38. The van der Waals surface area contributed by atoms with E-state index in [9.17, 15) is 9.90 Å². The lowest BCUT2D eigenvalue weighted by Gasteiger charge is -2.08. The molecule has 0 fully saturated rings. The van der Waals surface area contributed by atoms with E-state index >= 15 is 0 Å². The summed E-state index contributed by atoms with van der Waals surface area (Å²) < 4.78 is 16.1. The number of aromatic hydroxyl groups is 1. The Bertz CT molecular complexity index is 1030. The molecule has 0 atom stereocenters. The zero-order chi connectivity index (χ0) is 21.3. The Balaban J connectivity index is 1.67. The smallest absolute Gasteiger partial charge is 0.343 e. The lowest BCUT2D eigenvalue weighted by atomic mass is 10.2. The second-order valence-corrected chi connectivity index (χ2v) is 6.41. The number of rotatable bonds is 8. The summed E-state index contributed by atoms with van der Waals surface area (Å²) >= 11 is 0. The van der Waals surface area contributed by atoms with Crippen molar-refractivity contribution in [3.05, 3.63) is 77.9 Å². The van der Waals surface area contributed by atoms with Crippen LogP contribution in [0.1, 0.15) is 29.3 Å². The Kier molecular flexibility index (Phi) is 7.05. The Morgan fingerprint density at radius 1 is 1.03 bits per heavy atom. The van der Waals surface area contributed by atoms with Crippen molar-refractivity contribution in [1.29, 1.82) is 0 Å². The summed E-state index contributed by atoms with van der Waals surface area (Å²) in [5.74, 6) is 0.988. The zero-order valence-electron chi connectivity index (χ0n) is 16.9. The van der Waals surface area contributed by atoms with Crippen LogP contribution in [0.25, 0.3) is 0 Å². The number of para-hydroxylation sites is 2. The van der Waals surface area contributed by atoms with Gasteiger partial charge in [0, 0.05) is 17.8 Å². The van der Waals surface area contributed by atoms with Crippen LogP contribution in [0.15, 0.2) is 71.7 Å². The molecule has 0 aliphatic rings. The standard InChI is InChI=1S/C24H23NO5/c1-3-14-29-19-11-8-17(9-12-19)24(27)30-20-13-10-18(22(26)15-20)16-25-21-6-4-5-7-23(21)28-2/h4-13,15-16,26H,3,14H2,1-2H3. The first-order valence-corrected chi connectivity index (χ1v) is 9.56. The molecule has 0 aliphatic carbocycles. The van der Waals surface area contributed by atoms with E-state index in [-0.39, 0.29) is 11.5 Å². The lowest BCUT2D eigenvalue weighted by molar-refractivity contribution is 0.0734. The number of phenols is 1. The average Bonchev–Trinajstić information content (AvgIpc) is 2.77. The highest BCUT2D eigenvalue weighted by molar-refractivity contribution is 5.91. The quantitative estimate of drug-likeness (QED) is 0.318. The SMILES string of the molecule is CCCOc1ccc(C(=O)Oc2ccc(C=Nc3ccccc3OC)c(O)c2)cc1. The minimum Gasteiger partial charge on any atom is -0.507 e. The van der Waals surface area contributed by atoms with Crippen LogP contribution in [0.5, 0.6) is 23.0 Å². The summed E-state index contributed by atoms with van der Waals surface area (Å²) in [6.45, 7) is 2.65. The normalized spacial score (nSPS) is 10.7. The van der Waals surface area contributed by atoms with E-state index < -0.39 is 5.97 Å². The topological polar surface area (TPSA) is 77.4 Å². The van der Waals surface area contributed by atoms with Crippen LogP contribution in [-0.4, -0.2) is 31.0 Å². The van der Waals surface area contributed by atoms with Crippen molar-refractivity contribution < 1.29 is 24.1 Å². The highest BCUT2D eigenvalue weighted by Crippen LogP contribution is 2.28. The van der Waals surface area contributed by atoms with Crippen molar-refractivity contribution in [3.8, 4) is 23.0 Å². The first-order chi connectivity index (χ1) is 14.6. The van der Waals surface area contributed by atoms with Gasteiger partial charge in [-0.3, -0.25) is 4.99 Å². The Hall–Kier alpha value is -3.80. The zero-order valence-corrected chi connectivity index (χ0v) is 16.9. The first kappa shape index (κ1) is 20.9.